The van der Waals surface area contributed by atoms with Gasteiger partial charge in [0, 0.05) is 17.4 Å². The lowest BCUT2D eigenvalue weighted by Crippen LogP contribution is -2.32. The molecule has 0 aliphatic carbocycles. The van der Waals surface area contributed by atoms with Crippen LogP contribution in [-0.2, 0) is 0 Å². The number of hydrogen-bond donors (Lipinski definition) is 2. The van der Waals surface area contributed by atoms with Crippen LogP contribution in [0.3, 0.4) is 0 Å². The molecule has 1 heterocycles. The van der Waals surface area contributed by atoms with Gasteiger partial charge in [-0.2, -0.15) is 11.8 Å². The molecule has 5 heteroatoms. The lowest BCUT2D eigenvalue weighted by molar-refractivity contribution is 0.574. The molecule has 1 aromatic rings. The molecule has 0 aliphatic rings. The van der Waals surface area contributed by atoms with Crippen LogP contribution >= 0.6 is 11.8 Å². The Kier molecular flexibility index (Phi) is 4.86. The number of anilines is 2. The van der Waals surface area contributed by atoms with Gasteiger partial charge in [-0.3, -0.25) is 0 Å². The van der Waals surface area contributed by atoms with Crippen molar-refractivity contribution in [1.29, 1.82) is 0 Å². The molecule has 3 N–H and O–H groups in total. The van der Waals surface area contributed by atoms with Gasteiger partial charge in [0.15, 0.2) is 0 Å². The zero-order chi connectivity index (χ0) is 12.0. The number of thioether (sulfide) groups is 1. The summed E-state index contributed by atoms with van der Waals surface area (Å²) in [6.07, 6.45) is 5.91. The molecule has 1 aromatic heterocycles. The summed E-state index contributed by atoms with van der Waals surface area (Å²) < 4.78 is 0.277. The molecule has 0 saturated heterocycles. The minimum absolute atomic E-state index is 0.277. The summed E-state index contributed by atoms with van der Waals surface area (Å²) in [4.78, 5) is 8.00. The zero-order valence-electron chi connectivity index (χ0n) is 10.2. The predicted molar refractivity (Wildman–Crippen MR) is 71.8 cm³/mol. The molecule has 0 amide bonds. The van der Waals surface area contributed by atoms with Gasteiger partial charge in [0.25, 0.3) is 0 Å². The summed E-state index contributed by atoms with van der Waals surface area (Å²) in [6, 6.07) is 1.76. The molecule has 1 rings (SSSR count). The Balaban J connectivity index is 2.62. The van der Waals surface area contributed by atoms with Gasteiger partial charge in [-0.1, -0.05) is 13.8 Å². The Morgan fingerprint density at radius 1 is 1.38 bits per heavy atom. The number of nitrogens with one attached hydrogen (secondary N) is 1. The van der Waals surface area contributed by atoms with Crippen LogP contribution < -0.4 is 11.1 Å². The maximum absolute atomic E-state index is 5.60. The van der Waals surface area contributed by atoms with E-state index in [2.05, 4.69) is 35.4 Å². The van der Waals surface area contributed by atoms with Gasteiger partial charge in [0.05, 0.1) is 0 Å². The second-order valence-electron chi connectivity index (χ2n) is 3.78. The monoisotopic (exact) mass is 240 g/mol. The standard InChI is InChI=1S/C11H20N4S/c1-4-11(5-2,16-3)7-13-10-6-9(12)14-8-15-10/h6,8H,4-5,7H2,1-3H3,(H3,12,13,14,15). The van der Waals surface area contributed by atoms with E-state index in [1.54, 1.807) is 6.07 Å². The highest BCUT2D eigenvalue weighted by atomic mass is 32.2. The normalized spacial score (nSPS) is 11.4. The summed E-state index contributed by atoms with van der Waals surface area (Å²) in [7, 11) is 0. The van der Waals surface area contributed by atoms with Gasteiger partial charge >= 0.3 is 0 Å². The number of hydrogen-bond acceptors (Lipinski definition) is 5. The minimum Gasteiger partial charge on any atom is -0.384 e. The Labute approximate surface area is 101 Å². The Hall–Kier alpha value is -0.970. The molecule has 0 spiro atoms. The lowest BCUT2D eigenvalue weighted by Gasteiger charge is -2.30. The van der Waals surface area contributed by atoms with Crippen molar-refractivity contribution in [3.63, 3.8) is 0 Å². The van der Waals surface area contributed by atoms with Gasteiger partial charge in [-0.25, -0.2) is 9.97 Å². The van der Waals surface area contributed by atoms with Gasteiger partial charge in [0.2, 0.25) is 0 Å². The van der Waals surface area contributed by atoms with Crippen LogP contribution in [0.25, 0.3) is 0 Å². The first-order valence-electron chi connectivity index (χ1n) is 5.52. The molecule has 0 fully saturated rings. The first-order valence-corrected chi connectivity index (χ1v) is 6.75. The van der Waals surface area contributed by atoms with Gasteiger partial charge in [0.1, 0.15) is 18.0 Å². The third-order valence-corrected chi connectivity index (χ3v) is 4.59. The van der Waals surface area contributed by atoms with Crippen LogP contribution in [0.4, 0.5) is 11.6 Å². The largest absolute Gasteiger partial charge is 0.384 e. The number of rotatable bonds is 6. The van der Waals surface area contributed by atoms with Crippen LogP contribution in [0.2, 0.25) is 0 Å². The average Bonchev–Trinajstić information content (AvgIpc) is 2.32. The van der Waals surface area contributed by atoms with Gasteiger partial charge in [-0.05, 0) is 19.1 Å². The van der Waals surface area contributed by atoms with Crippen molar-refractivity contribution in [3.8, 4) is 0 Å². The van der Waals surface area contributed by atoms with Crippen LogP contribution in [0.5, 0.6) is 0 Å². The molecule has 4 nitrogen and oxygen atoms in total. The smallest absolute Gasteiger partial charge is 0.131 e. The Morgan fingerprint density at radius 2 is 2.06 bits per heavy atom. The molecular formula is C11H20N4S. The van der Waals surface area contributed by atoms with Crippen LogP contribution in [0, 0.1) is 0 Å². The van der Waals surface area contributed by atoms with E-state index in [4.69, 9.17) is 5.73 Å². The second kappa shape index (κ2) is 5.94. The van der Waals surface area contributed by atoms with Crippen molar-refractivity contribution in [2.45, 2.75) is 31.4 Å². The SMILES string of the molecule is CCC(CC)(CNc1cc(N)ncn1)SC. The number of nitrogens with two attached hydrogens (primary N) is 1. The first kappa shape index (κ1) is 13.1. The fourth-order valence-electron chi connectivity index (χ4n) is 1.58. The highest BCUT2D eigenvalue weighted by Gasteiger charge is 2.24. The second-order valence-corrected chi connectivity index (χ2v) is 5.05. The molecular weight excluding hydrogens is 220 g/mol. The van der Waals surface area contributed by atoms with Crippen molar-refractivity contribution in [2.75, 3.05) is 23.9 Å². The summed E-state index contributed by atoms with van der Waals surface area (Å²) in [5, 5.41) is 3.33. The molecule has 0 unspecified atom stereocenters. The van der Waals surface area contributed by atoms with Crippen molar-refractivity contribution in [3.05, 3.63) is 12.4 Å². The summed E-state index contributed by atoms with van der Waals surface area (Å²) in [5.74, 6) is 1.30. The van der Waals surface area contributed by atoms with E-state index < -0.39 is 0 Å². The average molecular weight is 240 g/mol. The van der Waals surface area contributed by atoms with Crippen LogP contribution in [0.15, 0.2) is 12.4 Å². The minimum atomic E-state index is 0.277. The Morgan fingerprint density at radius 3 is 2.56 bits per heavy atom. The molecule has 0 aromatic carbocycles. The van der Waals surface area contributed by atoms with E-state index in [0.717, 1.165) is 25.2 Å². The van der Waals surface area contributed by atoms with Crippen molar-refractivity contribution >= 4 is 23.4 Å². The molecule has 0 bridgehead atoms. The molecule has 0 radical (unpaired) electrons. The zero-order valence-corrected chi connectivity index (χ0v) is 11.0. The van der Waals surface area contributed by atoms with Crippen LogP contribution in [-0.4, -0.2) is 27.5 Å². The highest BCUT2D eigenvalue weighted by molar-refractivity contribution is 8.00. The summed E-state index contributed by atoms with van der Waals surface area (Å²) in [6.45, 7) is 5.34. The highest BCUT2D eigenvalue weighted by Crippen LogP contribution is 2.30. The number of nitrogens with zero attached hydrogens (tertiary/aromatic N) is 2. The number of aromatic nitrogens is 2. The Bertz CT molecular complexity index is 317. The van der Waals surface area contributed by atoms with Crippen molar-refractivity contribution < 1.29 is 0 Å². The summed E-state index contributed by atoms with van der Waals surface area (Å²) in [5.41, 5.74) is 5.60. The van der Waals surface area contributed by atoms with E-state index >= 15 is 0 Å². The molecule has 0 atom stereocenters. The van der Waals surface area contributed by atoms with Gasteiger partial charge in [-0.15, -0.1) is 0 Å². The molecule has 90 valence electrons. The third-order valence-electron chi connectivity index (χ3n) is 3.00. The quantitative estimate of drug-likeness (QED) is 0.799. The fraction of sp³-hybridized carbons (Fsp3) is 0.636. The lowest BCUT2D eigenvalue weighted by atomic mass is 10.0. The first-order chi connectivity index (χ1) is 7.65. The van der Waals surface area contributed by atoms with E-state index in [1.165, 1.54) is 6.33 Å². The van der Waals surface area contributed by atoms with E-state index in [1.807, 2.05) is 11.8 Å². The topological polar surface area (TPSA) is 63.8 Å². The van der Waals surface area contributed by atoms with Gasteiger partial charge < -0.3 is 11.1 Å². The fourth-order valence-corrected chi connectivity index (χ4v) is 2.38. The maximum Gasteiger partial charge on any atom is 0.131 e. The molecule has 0 saturated carbocycles. The third kappa shape index (κ3) is 3.27. The van der Waals surface area contributed by atoms with Crippen molar-refractivity contribution in [2.24, 2.45) is 0 Å². The van der Waals surface area contributed by atoms with Crippen LogP contribution in [0.1, 0.15) is 26.7 Å². The maximum atomic E-state index is 5.60. The van der Waals surface area contributed by atoms with Crippen molar-refractivity contribution in [1.82, 2.24) is 9.97 Å². The van der Waals surface area contributed by atoms with E-state index in [0.29, 0.717) is 5.82 Å². The van der Waals surface area contributed by atoms with E-state index in [9.17, 15) is 0 Å². The summed E-state index contributed by atoms with van der Waals surface area (Å²) >= 11 is 1.90. The molecule has 0 aliphatic heterocycles. The predicted octanol–water partition coefficient (Wildman–Crippen LogP) is 2.39. The molecule has 16 heavy (non-hydrogen) atoms. The van der Waals surface area contributed by atoms with E-state index in [-0.39, 0.29) is 4.75 Å². The number of nitrogen functional groups attached to an aromatic ring is 1.